The Morgan fingerprint density at radius 3 is 2.64 bits per heavy atom. The molecule has 0 aliphatic carbocycles. The Morgan fingerprint density at radius 2 is 1.92 bits per heavy atom. The van der Waals surface area contributed by atoms with Gasteiger partial charge < -0.3 is 14.4 Å². The molecule has 0 radical (unpaired) electrons. The molecule has 0 atom stereocenters. The predicted octanol–water partition coefficient (Wildman–Crippen LogP) is 4.58. The second kappa shape index (κ2) is 9.15. The van der Waals surface area contributed by atoms with Gasteiger partial charge in [0, 0.05) is 16.1 Å². The van der Waals surface area contributed by atoms with Crippen LogP contribution in [-0.4, -0.2) is 18.9 Å². The quantitative estimate of drug-likeness (QED) is 0.586. The van der Waals surface area contributed by atoms with E-state index in [1.807, 2.05) is 18.2 Å². The number of benzene rings is 2. The second-order valence-corrected chi connectivity index (χ2v) is 5.70. The molecule has 0 heterocycles. The minimum atomic E-state index is -0.741. The Kier molecular flexibility index (Phi) is 6.91. The van der Waals surface area contributed by atoms with Gasteiger partial charge in [0.05, 0.1) is 17.8 Å². The van der Waals surface area contributed by atoms with E-state index in [2.05, 4.69) is 15.4 Å². The normalized spacial score (nSPS) is 11.0. The number of oxime groups is 1. The fourth-order valence-electron chi connectivity index (χ4n) is 1.81. The highest BCUT2D eigenvalue weighted by Gasteiger charge is 2.08. The first-order valence-electron chi connectivity index (χ1n) is 7.22. The molecule has 0 aromatic heterocycles. The highest BCUT2D eigenvalue weighted by molar-refractivity contribution is 6.32. The average molecular weight is 383 g/mol. The Balaban J connectivity index is 2.04. The van der Waals surface area contributed by atoms with Gasteiger partial charge in [-0.05, 0) is 25.1 Å². The summed E-state index contributed by atoms with van der Waals surface area (Å²) in [4.78, 5) is 21.5. The SMILES string of the molecule is COC(=O)NOc1cc(/C(C)=N/OCc2ccccc2Cl)ccc1Cl. The zero-order valence-corrected chi connectivity index (χ0v) is 15.1. The Labute approximate surface area is 155 Å². The van der Waals surface area contributed by atoms with Crippen molar-refractivity contribution in [1.82, 2.24) is 5.48 Å². The molecule has 1 amide bonds. The van der Waals surface area contributed by atoms with Crippen LogP contribution in [0, 0.1) is 0 Å². The van der Waals surface area contributed by atoms with Crippen LogP contribution in [0.25, 0.3) is 0 Å². The molecule has 2 aromatic carbocycles. The number of halogens is 2. The summed E-state index contributed by atoms with van der Waals surface area (Å²) in [5.41, 5.74) is 4.25. The number of carbonyl (C=O) groups is 1. The van der Waals surface area contributed by atoms with Crippen LogP contribution in [0.2, 0.25) is 10.0 Å². The first kappa shape index (κ1) is 18.9. The van der Waals surface area contributed by atoms with Crippen LogP contribution >= 0.6 is 23.2 Å². The van der Waals surface area contributed by atoms with Crippen LogP contribution in [0.5, 0.6) is 5.75 Å². The second-order valence-electron chi connectivity index (χ2n) is 4.88. The summed E-state index contributed by atoms with van der Waals surface area (Å²) >= 11 is 12.1. The van der Waals surface area contributed by atoms with Crippen molar-refractivity contribution in [3.05, 3.63) is 63.6 Å². The number of hydrogen-bond donors (Lipinski definition) is 1. The minimum absolute atomic E-state index is 0.248. The van der Waals surface area contributed by atoms with E-state index in [9.17, 15) is 4.79 Å². The third-order valence-electron chi connectivity index (χ3n) is 3.16. The zero-order valence-electron chi connectivity index (χ0n) is 13.6. The molecule has 2 rings (SSSR count). The van der Waals surface area contributed by atoms with Gasteiger partial charge in [-0.3, -0.25) is 0 Å². The van der Waals surface area contributed by atoms with Gasteiger partial charge in [-0.15, -0.1) is 0 Å². The van der Waals surface area contributed by atoms with Crippen LogP contribution in [0.1, 0.15) is 18.1 Å². The molecule has 0 spiro atoms. The molecular weight excluding hydrogens is 367 g/mol. The van der Waals surface area contributed by atoms with Crippen molar-refractivity contribution in [3.63, 3.8) is 0 Å². The van der Waals surface area contributed by atoms with Gasteiger partial charge in [0.1, 0.15) is 6.61 Å². The van der Waals surface area contributed by atoms with Crippen LogP contribution in [0.3, 0.4) is 0 Å². The van der Waals surface area contributed by atoms with E-state index in [1.54, 1.807) is 31.2 Å². The number of carbonyl (C=O) groups excluding carboxylic acids is 1. The number of amides is 1. The Bertz CT molecular complexity index is 781. The van der Waals surface area contributed by atoms with Gasteiger partial charge in [-0.2, -0.15) is 5.48 Å². The third kappa shape index (κ3) is 5.55. The Morgan fingerprint density at radius 1 is 1.16 bits per heavy atom. The maximum atomic E-state index is 11.1. The molecule has 0 saturated heterocycles. The number of methoxy groups -OCH3 is 1. The maximum Gasteiger partial charge on any atom is 0.440 e. The first-order chi connectivity index (χ1) is 12.0. The van der Waals surface area contributed by atoms with Crippen molar-refractivity contribution < 1.29 is 19.2 Å². The summed E-state index contributed by atoms with van der Waals surface area (Å²) in [5, 5.41) is 5.00. The van der Waals surface area contributed by atoms with Gasteiger partial charge in [-0.1, -0.05) is 52.6 Å². The summed E-state index contributed by atoms with van der Waals surface area (Å²) in [6.45, 7) is 2.02. The molecule has 0 aliphatic rings. The highest BCUT2D eigenvalue weighted by atomic mass is 35.5. The predicted molar refractivity (Wildman–Crippen MR) is 96.1 cm³/mol. The smallest absolute Gasteiger partial charge is 0.440 e. The minimum Gasteiger partial charge on any atom is -0.451 e. The van der Waals surface area contributed by atoms with E-state index < -0.39 is 6.09 Å². The summed E-state index contributed by atoms with van der Waals surface area (Å²) < 4.78 is 4.42. The molecule has 25 heavy (non-hydrogen) atoms. The molecule has 8 heteroatoms. The van der Waals surface area contributed by atoms with Crippen molar-refractivity contribution in [2.75, 3.05) is 7.11 Å². The van der Waals surface area contributed by atoms with Gasteiger partial charge in [-0.25, -0.2) is 4.79 Å². The molecule has 0 aliphatic heterocycles. The van der Waals surface area contributed by atoms with E-state index in [1.165, 1.54) is 7.11 Å². The molecule has 0 bridgehead atoms. The number of ether oxygens (including phenoxy) is 1. The van der Waals surface area contributed by atoms with Gasteiger partial charge >= 0.3 is 6.09 Å². The van der Waals surface area contributed by atoms with Gasteiger partial charge in [0.2, 0.25) is 0 Å². The van der Waals surface area contributed by atoms with Crippen molar-refractivity contribution in [2.24, 2.45) is 5.16 Å². The van der Waals surface area contributed by atoms with E-state index in [0.29, 0.717) is 21.3 Å². The van der Waals surface area contributed by atoms with Crippen molar-refractivity contribution in [2.45, 2.75) is 13.5 Å². The molecule has 2 aromatic rings. The summed E-state index contributed by atoms with van der Waals surface area (Å²) in [5.74, 6) is 0.255. The summed E-state index contributed by atoms with van der Waals surface area (Å²) in [6.07, 6.45) is -0.741. The topological polar surface area (TPSA) is 69.2 Å². The highest BCUT2D eigenvalue weighted by Crippen LogP contribution is 2.25. The maximum absolute atomic E-state index is 11.1. The molecule has 1 N–H and O–H groups in total. The molecule has 6 nitrogen and oxygen atoms in total. The largest absolute Gasteiger partial charge is 0.451 e. The lowest BCUT2D eigenvalue weighted by Gasteiger charge is -2.09. The lowest BCUT2D eigenvalue weighted by molar-refractivity contribution is 0.118. The lowest BCUT2D eigenvalue weighted by Crippen LogP contribution is -2.26. The lowest BCUT2D eigenvalue weighted by atomic mass is 10.1. The summed E-state index contributed by atoms with van der Waals surface area (Å²) in [6, 6.07) is 12.4. The van der Waals surface area contributed by atoms with Crippen LogP contribution in [0.15, 0.2) is 47.6 Å². The zero-order chi connectivity index (χ0) is 18.2. The van der Waals surface area contributed by atoms with Crippen molar-refractivity contribution >= 4 is 35.0 Å². The molecule has 132 valence electrons. The third-order valence-corrected chi connectivity index (χ3v) is 3.84. The molecule has 0 unspecified atom stereocenters. The fraction of sp³-hybridized carbons (Fsp3) is 0.176. The van der Waals surface area contributed by atoms with Crippen LogP contribution in [0.4, 0.5) is 4.79 Å². The Hall–Kier alpha value is -2.44. The number of hydrogen-bond acceptors (Lipinski definition) is 5. The van der Waals surface area contributed by atoms with E-state index in [-0.39, 0.29) is 12.4 Å². The van der Waals surface area contributed by atoms with E-state index >= 15 is 0 Å². The van der Waals surface area contributed by atoms with Crippen molar-refractivity contribution in [3.8, 4) is 5.75 Å². The van der Waals surface area contributed by atoms with Crippen LogP contribution < -0.4 is 10.3 Å². The van der Waals surface area contributed by atoms with E-state index in [4.69, 9.17) is 32.9 Å². The van der Waals surface area contributed by atoms with Crippen molar-refractivity contribution in [1.29, 1.82) is 0 Å². The van der Waals surface area contributed by atoms with Gasteiger partial charge in [0.25, 0.3) is 0 Å². The number of hydroxylamine groups is 1. The molecule has 0 saturated carbocycles. The number of nitrogens with one attached hydrogen (secondary N) is 1. The van der Waals surface area contributed by atoms with Gasteiger partial charge in [0.15, 0.2) is 5.75 Å². The fourth-order valence-corrected chi connectivity index (χ4v) is 2.16. The standard InChI is InChI=1S/C17H16Cl2N2O4/c1-11(20-24-10-13-5-3-4-6-14(13)18)12-7-8-15(19)16(9-12)25-21-17(22)23-2/h3-9H,10H2,1-2H3,(H,21,22)/b20-11+. The van der Waals surface area contributed by atoms with Crippen LogP contribution in [-0.2, 0) is 16.2 Å². The van der Waals surface area contributed by atoms with E-state index in [0.717, 1.165) is 5.56 Å². The molecule has 0 fully saturated rings. The monoisotopic (exact) mass is 382 g/mol. The average Bonchev–Trinajstić information content (AvgIpc) is 2.62. The number of nitrogens with zero attached hydrogens (tertiary/aromatic N) is 1. The number of rotatable bonds is 6. The molecular formula is C17H16Cl2N2O4. The summed E-state index contributed by atoms with van der Waals surface area (Å²) in [7, 11) is 1.23. The first-order valence-corrected chi connectivity index (χ1v) is 7.97.